The first-order valence-electron chi connectivity index (χ1n) is 11.7. The third-order valence-electron chi connectivity index (χ3n) is 6.76. The third kappa shape index (κ3) is 5.27. The van der Waals surface area contributed by atoms with E-state index in [1.54, 1.807) is 48.8 Å². The van der Waals surface area contributed by atoms with E-state index in [2.05, 4.69) is 9.97 Å². The molecule has 0 spiro atoms. The Hall–Kier alpha value is -4.08. The van der Waals surface area contributed by atoms with Crippen LogP contribution in [0.2, 0.25) is 0 Å². The fourth-order valence-corrected chi connectivity index (χ4v) is 5.18. The van der Waals surface area contributed by atoms with E-state index in [-0.39, 0.29) is 13.2 Å². The van der Waals surface area contributed by atoms with Gasteiger partial charge in [0.1, 0.15) is 0 Å². The van der Waals surface area contributed by atoms with Crippen LogP contribution in [-0.4, -0.2) is 57.3 Å². The summed E-state index contributed by atoms with van der Waals surface area (Å²) in [5, 5.41) is 19.9. The molecule has 5 rings (SSSR count). The monoisotopic (exact) mass is 494 g/mol. The van der Waals surface area contributed by atoms with Crippen molar-refractivity contribution in [3.8, 4) is 0 Å². The predicted octanol–water partition coefficient (Wildman–Crippen LogP) is 1.80. The number of allylic oxidation sites excluding steroid dienone is 2. The molecule has 0 saturated heterocycles. The number of pyridine rings is 2. The second-order valence-corrected chi connectivity index (χ2v) is 8.80. The lowest BCUT2D eigenvalue weighted by Crippen LogP contribution is -2.58. The zero-order chi connectivity index (χ0) is 25.7. The number of carboxylic acid groups (broad SMARTS) is 2. The first kappa shape index (κ1) is 25.0. The molecule has 2 heterocycles. The van der Waals surface area contributed by atoms with Crippen LogP contribution in [0.3, 0.4) is 0 Å². The van der Waals surface area contributed by atoms with Crippen molar-refractivity contribution in [2.75, 3.05) is 13.2 Å². The number of fused-ring (bicyclic) bond motifs is 2. The summed E-state index contributed by atoms with van der Waals surface area (Å²) in [6, 6.07) is 10.6. The molecule has 0 radical (unpaired) electrons. The van der Waals surface area contributed by atoms with Crippen LogP contribution in [0.4, 0.5) is 0 Å². The minimum atomic E-state index is -1.31. The Morgan fingerprint density at radius 3 is 1.42 bits per heavy atom. The van der Waals surface area contributed by atoms with Crippen molar-refractivity contribution in [2.24, 2.45) is 35.5 Å². The predicted molar refractivity (Wildman–Crippen MR) is 123 cm³/mol. The average molecular weight is 495 g/mol. The van der Waals surface area contributed by atoms with E-state index in [1.165, 1.54) is 12.2 Å². The molecule has 1 saturated carbocycles. The van der Waals surface area contributed by atoms with Gasteiger partial charge in [-0.25, -0.2) is 0 Å². The standard InChI is InChI=1S/C26H26N2O8/c29-23(30)19-18-8-7-17(21(19)25(33)35-13-9-15-5-1-3-11-27-15)20(24(31)32)22(18)26(34)36-14-10-16-6-2-4-12-28-16/h1-8,11-12,17-22H,9-10,13-14H2,(H,29,30)(H,31,32)/t17-,18-,19-,20+,21-,22-/m0/s1. The molecule has 36 heavy (non-hydrogen) atoms. The highest BCUT2D eigenvalue weighted by atomic mass is 16.5. The second kappa shape index (κ2) is 11.1. The van der Waals surface area contributed by atoms with E-state index in [4.69, 9.17) is 9.47 Å². The normalized spacial score (nSPS) is 26.2. The highest BCUT2D eigenvalue weighted by molar-refractivity contribution is 5.89. The number of hydrogen-bond acceptors (Lipinski definition) is 8. The number of carbonyl (C=O) groups is 4. The molecule has 6 atom stereocenters. The van der Waals surface area contributed by atoms with Gasteiger partial charge < -0.3 is 19.7 Å². The van der Waals surface area contributed by atoms with Crippen LogP contribution in [0.1, 0.15) is 11.4 Å². The van der Waals surface area contributed by atoms with Crippen molar-refractivity contribution >= 4 is 23.9 Å². The fourth-order valence-electron chi connectivity index (χ4n) is 5.18. The van der Waals surface area contributed by atoms with Crippen LogP contribution in [0.15, 0.2) is 60.9 Å². The Labute approximate surface area is 207 Å². The van der Waals surface area contributed by atoms with Gasteiger partial charge in [0.05, 0.1) is 36.9 Å². The van der Waals surface area contributed by atoms with E-state index >= 15 is 0 Å². The van der Waals surface area contributed by atoms with Crippen molar-refractivity contribution in [1.82, 2.24) is 9.97 Å². The van der Waals surface area contributed by atoms with Gasteiger partial charge in [0.25, 0.3) is 0 Å². The SMILES string of the molecule is O=C(O)[C@@H]1[C@@H]2C=C[C@H]([C@@H]1C(=O)OCCc1ccccn1)[C@H](C(=O)O)[C@H]2C(=O)OCCc1ccccn1. The Morgan fingerprint density at radius 1 is 0.667 bits per heavy atom. The highest BCUT2D eigenvalue weighted by Crippen LogP contribution is 2.52. The van der Waals surface area contributed by atoms with Gasteiger partial charge in [-0.3, -0.25) is 29.1 Å². The molecule has 188 valence electrons. The summed E-state index contributed by atoms with van der Waals surface area (Å²) in [6.45, 7) is -0.0625. The maximum absolute atomic E-state index is 13.0. The number of ether oxygens (including phenoxy) is 2. The molecule has 3 aliphatic rings. The number of aromatic nitrogens is 2. The maximum Gasteiger partial charge on any atom is 0.310 e. The minimum Gasteiger partial charge on any atom is -0.481 e. The van der Waals surface area contributed by atoms with Gasteiger partial charge in [0.2, 0.25) is 0 Å². The third-order valence-corrected chi connectivity index (χ3v) is 6.76. The first-order valence-corrected chi connectivity index (χ1v) is 11.7. The average Bonchev–Trinajstić information content (AvgIpc) is 2.88. The summed E-state index contributed by atoms with van der Waals surface area (Å²) in [6.07, 6.45) is 6.91. The molecule has 1 fully saturated rings. The van der Waals surface area contributed by atoms with Crippen LogP contribution in [-0.2, 0) is 41.5 Å². The maximum atomic E-state index is 13.0. The molecule has 2 aromatic rings. The quantitative estimate of drug-likeness (QED) is 0.369. The summed E-state index contributed by atoms with van der Waals surface area (Å²) in [5.41, 5.74) is 1.39. The summed E-state index contributed by atoms with van der Waals surface area (Å²) in [5.74, 6) is -11.3. The first-order chi connectivity index (χ1) is 17.4. The fraction of sp³-hybridized carbons (Fsp3) is 0.385. The summed E-state index contributed by atoms with van der Waals surface area (Å²) < 4.78 is 10.7. The van der Waals surface area contributed by atoms with Crippen LogP contribution in [0.5, 0.6) is 0 Å². The van der Waals surface area contributed by atoms with E-state index in [0.717, 1.165) is 0 Å². The zero-order valence-electron chi connectivity index (χ0n) is 19.3. The van der Waals surface area contributed by atoms with E-state index in [9.17, 15) is 29.4 Å². The molecule has 0 amide bonds. The minimum absolute atomic E-state index is 0.0312. The molecule has 2 aromatic heterocycles. The van der Waals surface area contributed by atoms with Gasteiger partial charge in [0, 0.05) is 48.5 Å². The number of aliphatic carboxylic acids is 2. The molecule has 0 aromatic carbocycles. The van der Waals surface area contributed by atoms with Crippen LogP contribution >= 0.6 is 0 Å². The van der Waals surface area contributed by atoms with E-state index < -0.39 is 59.4 Å². The van der Waals surface area contributed by atoms with Crippen LogP contribution < -0.4 is 0 Å². The van der Waals surface area contributed by atoms with Gasteiger partial charge in [-0.2, -0.15) is 0 Å². The Morgan fingerprint density at radius 2 is 1.08 bits per heavy atom. The van der Waals surface area contributed by atoms with Crippen molar-refractivity contribution < 1.29 is 38.9 Å². The Bertz CT molecular complexity index is 1050. The number of hydrogen-bond donors (Lipinski definition) is 2. The van der Waals surface area contributed by atoms with Gasteiger partial charge in [-0.15, -0.1) is 0 Å². The summed E-state index contributed by atoms with van der Waals surface area (Å²) in [7, 11) is 0. The lowest BCUT2D eigenvalue weighted by atomic mass is 9.53. The van der Waals surface area contributed by atoms with E-state index in [0.29, 0.717) is 24.2 Å². The molecule has 0 aliphatic heterocycles. The molecular formula is C26H26N2O8. The summed E-state index contributed by atoms with van der Waals surface area (Å²) in [4.78, 5) is 58.8. The van der Waals surface area contributed by atoms with Gasteiger partial charge in [-0.05, 0) is 24.3 Å². The molecule has 10 heteroatoms. The molecular weight excluding hydrogens is 468 g/mol. The molecule has 0 unspecified atom stereocenters. The molecule has 3 aliphatic carbocycles. The van der Waals surface area contributed by atoms with Crippen LogP contribution in [0, 0.1) is 35.5 Å². The highest BCUT2D eigenvalue weighted by Gasteiger charge is 2.61. The number of rotatable bonds is 10. The lowest BCUT2D eigenvalue weighted by Gasteiger charge is -2.48. The number of carboxylic acids is 2. The zero-order valence-corrected chi connectivity index (χ0v) is 19.3. The van der Waals surface area contributed by atoms with Crippen molar-refractivity contribution in [1.29, 1.82) is 0 Å². The number of esters is 2. The van der Waals surface area contributed by atoms with Gasteiger partial charge >= 0.3 is 23.9 Å². The Kier molecular flexibility index (Phi) is 7.72. The molecule has 10 nitrogen and oxygen atoms in total. The number of nitrogens with zero attached hydrogens (tertiary/aromatic N) is 2. The molecule has 2 bridgehead atoms. The van der Waals surface area contributed by atoms with Gasteiger partial charge in [0.15, 0.2) is 0 Å². The topological polar surface area (TPSA) is 153 Å². The van der Waals surface area contributed by atoms with Crippen molar-refractivity contribution in [2.45, 2.75) is 12.8 Å². The lowest BCUT2D eigenvalue weighted by molar-refractivity contribution is -0.182. The smallest absolute Gasteiger partial charge is 0.310 e. The van der Waals surface area contributed by atoms with Crippen molar-refractivity contribution in [3.05, 3.63) is 72.3 Å². The molecule has 2 N–H and O–H groups in total. The largest absolute Gasteiger partial charge is 0.481 e. The second-order valence-electron chi connectivity index (χ2n) is 8.80. The number of carbonyl (C=O) groups excluding carboxylic acids is 2. The van der Waals surface area contributed by atoms with E-state index in [1.807, 2.05) is 0 Å². The Balaban J connectivity index is 1.48. The van der Waals surface area contributed by atoms with Gasteiger partial charge in [-0.1, -0.05) is 24.3 Å². The van der Waals surface area contributed by atoms with Crippen molar-refractivity contribution in [3.63, 3.8) is 0 Å². The summed E-state index contributed by atoms with van der Waals surface area (Å²) >= 11 is 0. The van der Waals surface area contributed by atoms with Crippen LogP contribution in [0.25, 0.3) is 0 Å².